The number of benzene rings is 1. The summed E-state index contributed by atoms with van der Waals surface area (Å²) in [6.45, 7) is 7.16. The number of hydrogen-bond donors (Lipinski definition) is 1. The van der Waals surface area contributed by atoms with Crippen LogP contribution in [-0.2, 0) is 4.79 Å². The van der Waals surface area contributed by atoms with E-state index in [9.17, 15) is 4.79 Å². The molecule has 1 aromatic carbocycles. The number of amides is 1. The number of nitrogens with zero attached hydrogens (tertiary/aromatic N) is 2. The Bertz CT molecular complexity index is 422. The molecule has 4 heteroatoms. The quantitative estimate of drug-likeness (QED) is 0.902. The lowest BCUT2D eigenvalue weighted by Crippen LogP contribution is -2.48. The zero-order chi connectivity index (χ0) is 13.8. The molecule has 0 saturated carbocycles. The van der Waals surface area contributed by atoms with Crippen molar-refractivity contribution in [1.82, 2.24) is 4.90 Å². The molecule has 0 bridgehead atoms. The molecule has 0 unspecified atom stereocenters. The van der Waals surface area contributed by atoms with Crippen LogP contribution in [0.2, 0.25) is 0 Å². The van der Waals surface area contributed by atoms with Gasteiger partial charge in [-0.05, 0) is 24.1 Å². The number of rotatable bonds is 3. The summed E-state index contributed by atoms with van der Waals surface area (Å²) in [5, 5.41) is 0. The van der Waals surface area contributed by atoms with Crippen LogP contribution in [0, 0.1) is 0 Å². The Morgan fingerprint density at radius 3 is 2.26 bits per heavy atom. The first-order valence-electron chi connectivity index (χ1n) is 6.97. The van der Waals surface area contributed by atoms with E-state index >= 15 is 0 Å². The van der Waals surface area contributed by atoms with Crippen molar-refractivity contribution < 1.29 is 4.79 Å². The number of carbonyl (C=O) groups excluding carboxylic acids is 1. The van der Waals surface area contributed by atoms with Crippen LogP contribution in [0.3, 0.4) is 0 Å². The molecular formula is C15H23N3O. The highest BCUT2D eigenvalue weighted by molar-refractivity contribution is 5.73. The summed E-state index contributed by atoms with van der Waals surface area (Å²) in [6, 6.07) is 8.62. The summed E-state index contributed by atoms with van der Waals surface area (Å²) < 4.78 is 0. The van der Waals surface area contributed by atoms with Crippen LogP contribution < -0.4 is 10.6 Å². The molecule has 1 aliphatic rings. The van der Waals surface area contributed by atoms with Crippen LogP contribution in [0.15, 0.2) is 24.3 Å². The third-order valence-electron chi connectivity index (χ3n) is 3.85. The van der Waals surface area contributed by atoms with Gasteiger partial charge in [0.1, 0.15) is 0 Å². The Kier molecular flexibility index (Phi) is 4.43. The first-order chi connectivity index (χ1) is 9.11. The third kappa shape index (κ3) is 3.26. The van der Waals surface area contributed by atoms with Crippen molar-refractivity contribution in [2.75, 3.05) is 31.1 Å². The molecule has 4 nitrogen and oxygen atoms in total. The maximum absolute atomic E-state index is 11.3. The summed E-state index contributed by atoms with van der Waals surface area (Å²) in [5.41, 5.74) is 8.42. The number of nitrogens with two attached hydrogens (primary N) is 1. The highest BCUT2D eigenvalue weighted by atomic mass is 16.2. The predicted octanol–water partition coefficient (Wildman–Crippen LogP) is 1.76. The minimum atomic E-state index is 0.128. The SMILES string of the molecule is CC[C@@H](N)c1ccc(N2CCN(C(C)=O)CC2)cc1. The van der Waals surface area contributed by atoms with Gasteiger partial charge in [-0.15, -0.1) is 0 Å². The van der Waals surface area contributed by atoms with Crippen LogP contribution in [0.5, 0.6) is 0 Å². The molecule has 2 N–H and O–H groups in total. The van der Waals surface area contributed by atoms with Gasteiger partial charge in [-0.3, -0.25) is 4.79 Å². The van der Waals surface area contributed by atoms with Gasteiger partial charge in [-0.25, -0.2) is 0 Å². The average Bonchev–Trinajstić information content (AvgIpc) is 2.46. The van der Waals surface area contributed by atoms with Gasteiger partial charge >= 0.3 is 0 Å². The molecule has 0 radical (unpaired) electrons. The average molecular weight is 261 g/mol. The van der Waals surface area contributed by atoms with E-state index in [2.05, 4.69) is 36.1 Å². The van der Waals surface area contributed by atoms with E-state index < -0.39 is 0 Å². The van der Waals surface area contributed by atoms with Crippen molar-refractivity contribution in [1.29, 1.82) is 0 Å². The summed E-state index contributed by atoms with van der Waals surface area (Å²) in [6.07, 6.45) is 0.955. The zero-order valence-electron chi connectivity index (χ0n) is 11.8. The van der Waals surface area contributed by atoms with E-state index in [-0.39, 0.29) is 11.9 Å². The topological polar surface area (TPSA) is 49.6 Å². The van der Waals surface area contributed by atoms with Gasteiger partial charge in [0, 0.05) is 44.8 Å². The van der Waals surface area contributed by atoms with Crippen molar-refractivity contribution in [2.45, 2.75) is 26.3 Å². The fourth-order valence-electron chi connectivity index (χ4n) is 2.45. The van der Waals surface area contributed by atoms with E-state index in [1.807, 2.05) is 4.90 Å². The van der Waals surface area contributed by atoms with E-state index in [4.69, 9.17) is 5.73 Å². The molecule has 19 heavy (non-hydrogen) atoms. The van der Waals surface area contributed by atoms with Gasteiger partial charge in [0.15, 0.2) is 0 Å². The molecular weight excluding hydrogens is 238 g/mol. The molecule has 0 aliphatic carbocycles. The van der Waals surface area contributed by atoms with Crippen LogP contribution >= 0.6 is 0 Å². The molecule has 0 spiro atoms. The first-order valence-corrected chi connectivity index (χ1v) is 6.97. The van der Waals surface area contributed by atoms with E-state index in [1.54, 1.807) is 6.92 Å². The molecule has 1 aromatic rings. The molecule has 1 saturated heterocycles. The molecule has 0 aromatic heterocycles. The van der Waals surface area contributed by atoms with Crippen molar-refractivity contribution in [3.05, 3.63) is 29.8 Å². The second kappa shape index (κ2) is 6.06. The van der Waals surface area contributed by atoms with Gasteiger partial charge in [0.25, 0.3) is 0 Å². The monoisotopic (exact) mass is 261 g/mol. The number of hydrogen-bond acceptors (Lipinski definition) is 3. The minimum Gasteiger partial charge on any atom is -0.368 e. The van der Waals surface area contributed by atoms with E-state index in [1.165, 1.54) is 11.3 Å². The smallest absolute Gasteiger partial charge is 0.219 e. The first kappa shape index (κ1) is 13.9. The number of piperazine rings is 1. The highest BCUT2D eigenvalue weighted by Crippen LogP contribution is 2.20. The Balaban J connectivity index is 1.98. The Labute approximate surface area is 115 Å². The fraction of sp³-hybridized carbons (Fsp3) is 0.533. The van der Waals surface area contributed by atoms with Crippen molar-refractivity contribution in [3.63, 3.8) is 0 Å². The van der Waals surface area contributed by atoms with Gasteiger partial charge in [0.05, 0.1) is 0 Å². The molecule has 1 atom stereocenters. The number of carbonyl (C=O) groups is 1. The lowest BCUT2D eigenvalue weighted by molar-refractivity contribution is -0.129. The maximum Gasteiger partial charge on any atom is 0.219 e. The summed E-state index contributed by atoms with van der Waals surface area (Å²) >= 11 is 0. The summed E-state index contributed by atoms with van der Waals surface area (Å²) in [7, 11) is 0. The largest absolute Gasteiger partial charge is 0.368 e. The molecule has 1 aliphatic heterocycles. The molecule has 104 valence electrons. The van der Waals surface area contributed by atoms with Gasteiger partial charge in [0.2, 0.25) is 5.91 Å². The van der Waals surface area contributed by atoms with E-state index in [0.29, 0.717) is 0 Å². The minimum absolute atomic E-state index is 0.128. The van der Waals surface area contributed by atoms with Crippen molar-refractivity contribution >= 4 is 11.6 Å². The van der Waals surface area contributed by atoms with Crippen molar-refractivity contribution in [2.24, 2.45) is 5.73 Å². The predicted molar refractivity (Wildman–Crippen MR) is 78.1 cm³/mol. The lowest BCUT2D eigenvalue weighted by atomic mass is 10.0. The molecule has 1 amide bonds. The summed E-state index contributed by atoms with van der Waals surface area (Å²) in [5.74, 6) is 0.170. The second-order valence-corrected chi connectivity index (χ2v) is 5.10. The molecule has 1 fully saturated rings. The van der Waals surface area contributed by atoms with Crippen LogP contribution in [0.1, 0.15) is 31.9 Å². The van der Waals surface area contributed by atoms with Crippen LogP contribution in [0.4, 0.5) is 5.69 Å². The van der Waals surface area contributed by atoms with Gasteiger partial charge in [-0.1, -0.05) is 19.1 Å². The van der Waals surface area contributed by atoms with E-state index in [0.717, 1.165) is 32.6 Å². The fourth-order valence-corrected chi connectivity index (χ4v) is 2.45. The highest BCUT2D eigenvalue weighted by Gasteiger charge is 2.18. The van der Waals surface area contributed by atoms with Gasteiger partial charge < -0.3 is 15.5 Å². The summed E-state index contributed by atoms with van der Waals surface area (Å²) in [4.78, 5) is 15.5. The third-order valence-corrected chi connectivity index (χ3v) is 3.85. The lowest BCUT2D eigenvalue weighted by Gasteiger charge is -2.35. The Morgan fingerprint density at radius 1 is 1.21 bits per heavy atom. The second-order valence-electron chi connectivity index (χ2n) is 5.10. The van der Waals surface area contributed by atoms with Gasteiger partial charge in [-0.2, -0.15) is 0 Å². The molecule has 2 rings (SSSR count). The Hall–Kier alpha value is -1.55. The molecule has 1 heterocycles. The normalized spacial score (nSPS) is 17.4. The van der Waals surface area contributed by atoms with Crippen LogP contribution in [-0.4, -0.2) is 37.0 Å². The zero-order valence-corrected chi connectivity index (χ0v) is 11.8. The maximum atomic E-state index is 11.3. The van der Waals surface area contributed by atoms with Crippen LogP contribution in [0.25, 0.3) is 0 Å². The number of anilines is 1. The van der Waals surface area contributed by atoms with Crippen molar-refractivity contribution in [3.8, 4) is 0 Å². The Morgan fingerprint density at radius 2 is 1.79 bits per heavy atom. The standard InChI is InChI=1S/C15H23N3O/c1-3-15(16)13-4-6-14(7-5-13)18-10-8-17(9-11-18)12(2)19/h4-7,15H,3,8-11,16H2,1-2H3/t15-/m1/s1.